The first-order chi connectivity index (χ1) is 21.5. The minimum Gasteiger partial charge on any atom is -0.390 e. The molecule has 0 aliphatic heterocycles. The van der Waals surface area contributed by atoms with Gasteiger partial charge in [0.2, 0.25) is 0 Å². The molecular weight excluding hydrogens is 680 g/mol. The molecule has 0 unspecified atom stereocenters. The Kier molecular flexibility index (Phi) is 6.74. The lowest BCUT2D eigenvalue weighted by Crippen LogP contribution is -2.23. The van der Waals surface area contributed by atoms with Crippen molar-refractivity contribution in [1.82, 2.24) is 0 Å². The molecule has 0 radical (unpaired) electrons. The first-order valence-electron chi connectivity index (χ1n) is 16.0. The van der Waals surface area contributed by atoms with Gasteiger partial charge in [-0.3, -0.25) is 0 Å². The monoisotopic (exact) mass is 714 g/mol. The Morgan fingerprint density at radius 3 is 1.80 bits per heavy atom. The topological polar surface area (TPSA) is 20.2 Å². The second kappa shape index (κ2) is 10.4. The maximum absolute atomic E-state index is 10.1. The zero-order valence-corrected chi connectivity index (χ0v) is 29.4. The van der Waals surface area contributed by atoms with Crippen LogP contribution >= 0.6 is 31.9 Å². The summed E-state index contributed by atoms with van der Waals surface area (Å²) in [6.07, 6.45) is 4.08. The van der Waals surface area contributed by atoms with E-state index in [2.05, 4.69) is 137 Å². The van der Waals surface area contributed by atoms with Crippen LogP contribution in [0, 0.1) is 0 Å². The SMILES string of the molecule is CC(C)(O)CCc1ccc2ccc3c(Br)ccc4ccc1c2c43.CC1(C)CCc2ccc3ccc4c(Br)ccc5cc1c2c3c54. The van der Waals surface area contributed by atoms with Gasteiger partial charge in [0.05, 0.1) is 5.60 Å². The van der Waals surface area contributed by atoms with Crippen molar-refractivity contribution in [2.24, 2.45) is 0 Å². The number of benzene rings is 8. The molecule has 224 valence electrons. The molecule has 0 spiro atoms. The molecule has 8 aromatic rings. The van der Waals surface area contributed by atoms with Crippen molar-refractivity contribution >= 4 is 96.5 Å². The molecule has 9 rings (SSSR count). The Hall–Kier alpha value is -3.24. The third kappa shape index (κ3) is 4.73. The first kappa shape index (κ1) is 29.2. The average molecular weight is 717 g/mol. The normalized spacial score (nSPS) is 14.7. The van der Waals surface area contributed by atoms with E-state index in [1.165, 1.54) is 98.6 Å². The lowest BCUT2D eigenvalue weighted by Gasteiger charge is -2.33. The standard InChI is InChI=1S/C21H19BrO.C21H17Br/c1-21(2,23)12-11-13-3-4-14-6-9-17-18(22)10-7-15-5-8-16(13)19(14)20(15)17;1-21(2)10-9-13-4-3-12-5-7-15-17(22)8-6-14-11-16(21)19(13)20(12)18(14)15/h3-10,23H,11-12H2,1-2H3;3-8,11H,9-10H2,1-2H3. The fourth-order valence-electron chi connectivity index (χ4n) is 7.76. The van der Waals surface area contributed by atoms with Crippen LogP contribution < -0.4 is 0 Å². The number of aryl methyl sites for hydroxylation is 2. The van der Waals surface area contributed by atoms with Crippen LogP contribution in [0.3, 0.4) is 0 Å². The van der Waals surface area contributed by atoms with Gasteiger partial charge in [0.15, 0.2) is 0 Å². The van der Waals surface area contributed by atoms with Gasteiger partial charge in [0, 0.05) is 8.95 Å². The molecule has 0 saturated carbocycles. The Labute approximate surface area is 281 Å². The van der Waals surface area contributed by atoms with Crippen LogP contribution in [0.15, 0.2) is 99.9 Å². The summed E-state index contributed by atoms with van der Waals surface area (Å²) in [7, 11) is 0. The number of hydrogen-bond acceptors (Lipinski definition) is 1. The zero-order chi connectivity index (χ0) is 31.2. The Morgan fingerprint density at radius 1 is 0.622 bits per heavy atom. The van der Waals surface area contributed by atoms with Crippen molar-refractivity contribution in [1.29, 1.82) is 0 Å². The molecule has 0 atom stereocenters. The highest BCUT2D eigenvalue weighted by Gasteiger charge is 2.30. The van der Waals surface area contributed by atoms with E-state index in [9.17, 15) is 5.11 Å². The molecule has 0 fully saturated rings. The van der Waals surface area contributed by atoms with Crippen LogP contribution in [-0.4, -0.2) is 10.7 Å². The van der Waals surface area contributed by atoms with E-state index in [1.54, 1.807) is 0 Å². The van der Waals surface area contributed by atoms with Crippen LogP contribution in [0.2, 0.25) is 0 Å². The molecule has 0 heterocycles. The molecule has 8 aromatic carbocycles. The average Bonchev–Trinajstić information content (AvgIpc) is 3.02. The van der Waals surface area contributed by atoms with Crippen molar-refractivity contribution < 1.29 is 5.11 Å². The highest BCUT2D eigenvalue weighted by Crippen LogP contribution is 2.47. The first-order valence-corrected chi connectivity index (χ1v) is 17.6. The van der Waals surface area contributed by atoms with Gasteiger partial charge in [-0.2, -0.15) is 0 Å². The molecular formula is C42H36Br2O. The summed E-state index contributed by atoms with van der Waals surface area (Å²) >= 11 is 7.42. The number of hydrogen-bond donors (Lipinski definition) is 1. The molecule has 0 aromatic heterocycles. The van der Waals surface area contributed by atoms with Crippen molar-refractivity contribution in [2.45, 2.75) is 64.4 Å². The van der Waals surface area contributed by atoms with Crippen LogP contribution in [0.1, 0.15) is 57.2 Å². The van der Waals surface area contributed by atoms with Gasteiger partial charge >= 0.3 is 0 Å². The molecule has 3 heteroatoms. The number of rotatable bonds is 3. The maximum atomic E-state index is 10.1. The minimum absolute atomic E-state index is 0.258. The van der Waals surface area contributed by atoms with Crippen molar-refractivity contribution in [3.63, 3.8) is 0 Å². The fourth-order valence-corrected chi connectivity index (χ4v) is 8.69. The lowest BCUT2D eigenvalue weighted by molar-refractivity contribution is 0.0715. The van der Waals surface area contributed by atoms with Gasteiger partial charge in [0.25, 0.3) is 0 Å². The van der Waals surface area contributed by atoms with E-state index in [1.807, 2.05) is 13.8 Å². The van der Waals surface area contributed by atoms with E-state index >= 15 is 0 Å². The largest absolute Gasteiger partial charge is 0.390 e. The Bertz CT molecular complexity index is 2410. The molecule has 0 bridgehead atoms. The zero-order valence-electron chi connectivity index (χ0n) is 26.2. The van der Waals surface area contributed by atoms with Gasteiger partial charge in [-0.1, -0.05) is 119 Å². The second-order valence-corrected chi connectivity index (χ2v) is 16.0. The van der Waals surface area contributed by atoms with Crippen molar-refractivity contribution in [3.8, 4) is 0 Å². The van der Waals surface area contributed by atoms with E-state index in [4.69, 9.17) is 0 Å². The van der Waals surface area contributed by atoms with Crippen LogP contribution in [-0.2, 0) is 18.3 Å². The van der Waals surface area contributed by atoms with Crippen LogP contribution in [0.5, 0.6) is 0 Å². The Morgan fingerprint density at radius 2 is 1.13 bits per heavy atom. The molecule has 1 N–H and O–H groups in total. The predicted molar refractivity (Wildman–Crippen MR) is 202 cm³/mol. The second-order valence-electron chi connectivity index (χ2n) is 14.3. The summed E-state index contributed by atoms with van der Waals surface area (Å²) < 4.78 is 2.33. The lowest BCUT2D eigenvalue weighted by atomic mass is 9.70. The van der Waals surface area contributed by atoms with E-state index in [0.29, 0.717) is 0 Å². The molecule has 1 nitrogen and oxygen atoms in total. The van der Waals surface area contributed by atoms with E-state index < -0.39 is 5.60 Å². The molecule has 0 saturated heterocycles. The summed E-state index contributed by atoms with van der Waals surface area (Å²) in [4.78, 5) is 0. The summed E-state index contributed by atoms with van der Waals surface area (Å²) in [5, 5.41) is 26.3. The van der Waals surface area contributed by atoms with Crippen molar-refractivity contribution in [2.75, 3.05) is 0 Å². The maximum Gasteiger partial charge on any atom is 0.0594 e. The molecule has 1 aliphatic rings. The number of aliphatic hydroxyl groups is 1. The van der Waals surface area contributed by atoms with Gasteiger partial charge in [0.1, 0.15) is 0 Å². The third-order valence-corrected chi connectivity index (χ3v) is 11.6. The van der Waals surface area contributed by atoms with Gasteiger partial charge in [-0.15, -0.1) is 0 Å². The van der Waals surface area contributed by atoms with Crippen LogP contribution in [0.4, 0.5) is 0 Å². The molecule has 45 heavy (non-hydrogen) atoms. The van der Waals surface area contributed by atoms with E-state index in [-0.39, 0.29) is 5.41 Å². The van der Waals surface area contributed by atoms with Gasteiger partial charge < -0.3 is 5.11 Å². The summed E-state index contributed by atoms with van der Waals surface area (Å²) in [5.41, 5.74) is 3.99. The van der Waals surface area contributed by atoms with E-state index in [0.717, 1.165) is 17.3 Å². The molecule has 0 amide bonds. The van der Waals surface area contributed by atoms with Gasteiger partial charge in [-0.05, 0) is 144 Å². The summed E-state index contributed by atoms with van der Waals surface area (Å²) in [6.45, 7) is 8.54. The third-order valence-electron chi connectivity index (χ3n) is 10.3. The minimum atomic E-state index is -0.632. The van der Waals surface area contributed by atoms with Gasteiger partial charge in [-0.25, -0.2) is 0 Å². The highest BCUT2D eigenvalue weighted by atomic mass is 79.9. The fraction of sp³-hybridized carbons (Fsp3) is 0.238. The summed E-state index contributed by atoms with van der Waals surface area (Å²) in [5.74, 6) is 0. The van der Waals surface area contributed by atoms with Crippen LogP contribution in [0.25, 0.3) is 64.6 Å². The highest BCUT2D eigenvalue weighted by molar-refractivity contribution is 9.11. The molecule has 1 aliphatic carbocycles. The van der Waals surface area contributed by atoms with Crippen molar-refractivity contribution in [3.05, 3.63) is 117 Å². The smallest absolute Gasteiger partial charge is 0.0594 e. The summed E-state index contributed by atoms with van der Waals surface area (Å²) in [6, 6.07) is 33.6. The predicted octanol–water partition coefficient (Wildman–Crippen LogP) is 12.6. The number of halogens is 2. The quantitative estimate of drug-likeness (QED) is 0.181. The Balaban J connectivity index is 0.000000134.